The van der Waals surface area contributed by atoms with Gasteiger partial charge < -0.3 is 15.4 Å². The summed E-state index contributed by atoms with van der Waals surface area (Å²) in [5.74, 6) is 0.172. The molecule has 142 valence electrons. The Bertz CT molecular complexity index is 772. The number of benzene rings is 2. The van der Waals surface area contributed by atoms with Crippen molar-refractivity contribution < 1.29 is 14.3 Å². The summed E-state index contributed by atoms with van der Waals surface area (Å²) >= 11 is 0. The van der Waals surface area contributed by atoms with Crippen molar-refractivity contribution in [2.45, 2.75) is 32.8 Å². The summed E-state index contributed by atoms with van der Waals surface area (Å²) in [5.41, 5.74) is 1.90. The molecule has 0 spiro atoms. The van der Waals surface area contributed by atoms with Crippen molar-refractivity contribution in [2.24, 2.45) is 11.8 Å². The molecular formula is C22H26N2O3. The van der Waals surface area contributed by atoms with E-state index in [0.717, 1.165) is 12.2 Å². The SMILES string of the molecule is CC(C)Oc1ccc(NC(=O)C2CC2C(=O)NCCc2ccccc2)cc1. The van der Waals surface area contributed by atoms with Gasteiger partial charge in [-0.15, -0.1) is 0 Å². The van der Waals surface area contributed by atoms with E-state index >= 15 is 0 Å². The van der Waals surface area contributed by atoms with E-state index in [0.29, 0.717) is 18.7 Å². The molecule has 1 saturated carbocycles. The van der Waals surface area contributed by atoms with Crippen LogP contribution in [0.5, 0.6) is 5.75 Å². The second-order valence-electron chi connectivity index (χ2n) is 7.16. The zero-order valence-corrected chi connectivity index (χ0v) is 15.8. The maximum absolute atomic E-state index is 12.3. The Morgan fingerprint density at radius 2 is 1.67 bits per heavy atom. The summed E-state index contributed by atoms with van der Waals surface area (Å²) in [7, 11) is 0. The van der Waals surface area contributed by atoms with Gasteiger partial charge in [-0.3, -0.25) is 9.59 Å². The standard InChI is InChI=1S/C22H26N2O3/c1-15(2)27-18-10-8-17(9-11-18)24-22(26)20-14-19(20)21(25)23-13-12-16-6-4-3-5-7-16/h3-11,15,19-20H,12-14H2,1-2H3,(H,23,25)(H,24,26). The lowest BCUT2D eigenvalue weighted by atomic mass is 10.1. The summed E-state index contributed by atoms with van der Waals surface area (Å²) in [6.45, 7) is 4.52. The second kappa shape index (κ2) is 8.71. The van der Waals surface area contributed by atoms with Crippen molar-refractivity contribution in [3.63, 3.8) is 0 Å². The smallest absolute Gasteiger partial charge is 0.228 e. The Hall–Kier alpha value is -2.82. The summed E-state index contributed by atoms with van der Waals surface area (Å²) in [6, 6.07) is 17.3. The Labute approximate surface area is 160 Å². The number of rotatable bonds is 8. The van der Waals surface area contributed by atoms with Crippen LogP contribution in [0.4, 0.5) is 5.69 Å². The average Bonchev–Trinajstić information content (AvgIpc) is 3.45. The van der Waals surface area contributed by atoms with Gasteiger partial charge in [-0.25, -0.2) is 0 Å². The summed E-state index contributed by atoms with van der Waals surface area (Å²) in [4.78, 5) is 24.5. The Balaban J connectivity index is 1.41. The third kappa shape index (κ3) is 5.58. The molecule has 5 heteroatoms. The molecule has 27 heavy (non-hydrogen) atoms. The lowest BCUT2D eigenvalue weighted by Gasteiger charge is -2.10. The molecule has 1 fully saturated rings. The van der Waals surface area contributed by atoms with E-state index in [9.17, 15) is 9.59 Å². The predicted molar refractivity (Wildman–Crippen MR) is 106 cm³/mol. The van der Waals surface area contributed by atoms with Gasteiger partial charge in [-0.1, -0.05) is 30.3 Å². The topological polar surface area (TPSA) is 67.4 Å². The molecule has 2 N–H and O–H groups in total. The number of carbonyl (C=O) groups excluding carboxylic acids is 2. The number of amides is 2. The highest BCUT2D eigenvalue weighted by atomic mass is 16.5. The number of hydrogen-bond acceptors (Lipinski definition) is 3. The molecule has 1 aliphatic rings. The van der Waals surface area contributed by atoms with Gasteiger partial charge in [0, 0.05) is 12.2 Å². The van der Waals surface area contributed by atoms with Crippen LogP contribution in [0.2, 0.25) is 0 Å². The van der Waals surface area contributed by atoms with Gasteiger partial charge in [-0.05, 0) is 56.5 Å². The van der Waals surface area contributed by atoms with Gasteiger partial charge in [0.2, 0.25) is 11.8 Å². The Morgan fingerprint density at radius 3 is 2.33 bits per heavy atom. The highest BCUT2D eigenvalue weighted by Gasteiger charge is 2.47. The average molecular weight is 366 g/mol. The van der Waals surface area contributed by atoms with Crippen molar-refractivity contribution in [3.05, 3.63) is 60.2 Å². The summed E-state index contributed by atoms with van der Waals surface area (Å²) < 4.78 is 5.59. The molecule has 2 atom stereocenters. The first-order chi connectivity index (χ1) is 13.0. The molecule has 2 unspecified atom stereocenters. The van der Waals surface area contributed by atoms with Gasteiger partial charge in [-0.2, -0.15) is 0 Å². The molecule has 0 heterocycles. The molecule has 0 aromatic heterocycles. The van der Waals surface area contributed by atoms with Crippen LogP contribution in [-0.4, -0.2) is 24.5 Å². The molecule has 1 aliphatic carbocycles. The van der Waals surface area contributed by atoms with Crippen LogP contribution >= 0.6 is 0 Å². The van der Waals surface area contributed by atoms with Gasteiger partial charge in [0.1, 0.15) is 5.75 Å². The summed E-state index contributed by atoms with van der Waals surface area (Å²) in [5, 5.41) is 5.81. The quantitative estimate of drug-likeness (QED) is 0.752. The van der Waals surface area contributed by atoms with E-state index in [1.54, 1.807) is 0 Å². The summed E-state index contributed by atoms with van der Waals surface area (Å²) in [6.07, 6.45) is 1.51. The van der Waals surface area contributed by atoms with Crippen LogP contribution in [0.25, 0.3) is 0 Å². The van der Waals surface area contributed by atoms with Gasteiger partial charge in [0.15, 0.2) is 0 Å². The fourth-order valence-corrected chi connectivity index (χ4v) is 3.00. The van der Waals surface area contributed by atoms with Crippen molar-refractivity contribution in [3.8, 4) is 5.75 Å². The minimum Gasteiger partial charge on any atom is -0.491 e. The molecule has 3 rings (SSSR count). The molecule has 2 aromatic carbocycles. The monoisotopic (exact) mass is 366 g/mol. The van der Waals surface area contributed by atoms with Gasteiger partial charge in [0.25, 0.3) is 0 Å². The van der Waals surface area contributed by atoms with Crippen LogP contribution in [0, 0.1) is 11.8 Å². The molecule has 0 bridgehead atoms. The molecular weight excluding hydrogens is 340 g/mol. The molecule has 2 aromatic rings. The first-order valence-electron chi connectivity index (χ1n) is 9.42. The minimum absolute atomic E-state index is 0.0354. The predicted octanol–water partition coefficient (Wildman–Crippen LogP) is 3.41. The van der Waals surface area contributed by atoms with Gasteiger partial charge >= 0.3 is 0 Å². The van der Waals surface area contributed by atoms with E-state index in [1.165, 1.54) is 5.56 Å². The molecule has 0 radical (unpaired) electrons. The molecule has 5 nitrogen and oxygen atoms in total. The van der Waals surface area contributed by atoms with Crippen molar-refractivity contribution in [1.82, 2.24) is 5.32 Å². The number of anilines is 1. The molecule has 2 amide bonds. The Morgan fingerprint density at radius 1 is 1.00 bits per heavy atom. The maximum Gasteiger partial charge on any atom is 0.228 e. The van der Waals surface area contributed by atoms with Crippen LogP contribution in [0.15, 0.2) is 54.6 Å². The van der Waals surface area contributed by atoms with E-state index in [-0.39, 0.29) is 29.8 Å². The van der Waals surface area contributed by atoms with E-state index in [1.807, 2.05) is 68.4 Å². The van der Waals surface area contributed by atoms with Gasteiger partial charge in [0.05, 0.1) is 17.9 Å². The highest BCUT2D eigenvalue weighted by Crippen LogP contribution is 2.39. The first kappa shape index (κ1) is 19.0. The zero-order chi connectivity index (χ0) is 19.2. The minimum atomic E-state index is -0.242. The fraction of sp³-hybridized carbons (Fsp3) is 0.364. The zero-order valence-electron chi connectivity index (χ0n) is 15.8. The van der Waals surface area contributed by atoms with E-state index < -0.39 is 0 Å². The van der Waals surface area contributed by atoms with E-state index in [2.05, 4.69) is 10.6 Å². The number of nitrogens with one attached hydrogen (secondary N) is 2. The number of carbonyl (C=O) groups is 2. The fourth-order valence-electron chi connectivity index (χ4n) is 3.00. The lowest BCUT2D eigenvalue weighted by molar-refractivity contribution is -0.125. The largest absolute Gasteiger partial charge is 0.491 e. The normalized spacial score (nSPS) is 18.0. The van der Waals surface area contributed by atoms with Crippen molar-refractivity contribution in [1.29, 1.82) is 0 Å². The molecule has 0 aliphatic heterocycles. The van der Waals surface area contributed by atoms with Crippen LogP contribution in [-0.2, 0) is 16.0 Å². The van der Waals surface area contributed by atoms with Crippen molar-refractivity contribution >= 4 is 17.5 Å². The highest BCUT2D eigenvalue weighted by molar-refractivity contribution is 5.99. The van der Waals surface area contributed by atoms with Crippen LogP contribution in [0.1, 0.15) is 25.8 Å². The first-order valence-corrected chi connectivity index (χ1v) is 9.42. The maximum atomic E-state index is 12.3. The Kier molecular flexibility index (Phi) is 6.12. The lowest BCUT2D eigenvalue weighted by Crippen LogP contribution is -2.29. The second-order valence-corrected chi connectivity index (χ2v) is 7.16. The van der Waals surface area contributed by atoms with E-state index in [4.69, 9.17) is 4.74 Å². The molecule has 0 saturated heterocycles. The number of hydrogen-bond donors (Lipinski definition) is 2. The third-order valence-corrected chi connectivity index (χ3v) is 4.51. The number of ether oxygens (including phenoxy) is 1. The van der Waals surface area contributed by atoms with Crippen LogP contribution in [0.3, 0.4) is 0 Å². The van der Waals surface area contributed by atoms with Crippen molar-refractivity contribution in [2.75, 3.05) is 11.9 Å². The van der Waals surface area contributed by atoms with Crippen LogP contribution < -0.4 is 15.4 Å². The third-order valence-electron chi connectivity index (χ3n) is 4.51.